The number of para-hydroxylation sites is 1. The van der Waals surface area contributed by atoms with Crippen molar-refractivity contribution in [2.75, 3.05) is 18.9 Å². The van der Waals surface area contributed by atoms with Gasteiger partial charge in [0.1, 0.15) is 0 Å². The average Bonchev–Trinajstić information content (AvgIpc) is 2.44. The van der Waals surface area contributed by atoms with Gasteiger partial charge in [0.15, 0.2) is 0 Å². The van der Waals surface area contributed by atoms with Gasteiger partial charge in [-0.1, -0.05) is 26.0 Å². The Labute approximate surface area is 115 Å². The van der Waals surface area contributed by atoms with Crippen LogP contribution < -0.4 is 11.1 Å². The minimum Gasteiger partial charge on any atom is -0.398 e. The summed E-state index contributed by atoms with van der Waals surface area (Å²) in [6, 6.07) is 5.41. The quantitative estimate of drug-likeness (QED) is 0.689. The van der Waals surface area contributed by atoms with Gasteiger partial charge in [-0.25, -0.2) is 0 Å². The third-order valence-electron chi connectivity index (χ3n) is 4.03. The van der Waals surface area contributed by atoms with Crippen LogP contribution in [0.25, 0.3) is 0 Å². The molecule has 1 rings (SSSR count). The van der Waals surface area contributed by atoms with Crippen LogP contribution in [0.5, 0.6) is 0 Å². The monoisotopic (exact) mass is 264 g/mol. The van der Waals surface area contributed by atoms with E-state index in [4.69, 9.17) is 5.73 Å². The van der Waals surface area contributed by atoms with E-state index in [0.29, 0.717) is 17.8 Å². The molecule has 106 valence electrons. The van der Waals surface area contributed by atoms with E-state index in [1.807, 2.05) is 32.9 Å². The number of nitrogens with two attached hydrogens (primary N) is 1. The maximum absolute atomic E-state index is 12.1. The molecule has 0 radical (unpaired) electrons. The highest BCUT2D eigenvalue weighted by Crippen LogP contribution is 2.25. The number of carbonyl (C=O) groups excluding carboxylic acids is 1. The minimum atomic E-state index is -0.242. The van der Waals surface area contributed by atoms with Crippen molar-refractivity contribution in [2.45, 2.75) is 33.6 Å². The molecule has 0 aromatic heterocycles. The number of aryl methyl sites for hydroxylation is 1. The molecule has 4 nitrogen and oxygen atoms in total. The van der Waals surface area contributed by atoms with Crippen molar-refractivity contribution in [3.8, 4) is 0 Å². The molecule has 1 aromatic rings. The molecular formula is C15H24N2O2. The number of hydrogen-bond acceptors (Lipinski definition) is 3. The van der Waals surface area contributed by atoms with Crippen LogP contribution in [-0.4, -0.2) is 24.2 Å². The lowest BCUT2D eigenvalue weighted by atomic mass is 9.83. The summed E-state index contributed by atoms with van der Waals surface area (Å²) in [6.45, 7) is 6.45. The Bertz CT molecular complexity index is 432. The summed E-state index contributed by atoms with van der Waals surface area (Å²) >= 11 is 0. The van der Waals surface area contributed by atoms with Crippen molar-refractivity contribution in [2.24, 2.45) is 5.41 Å². The van der Waals surface area contributed by atoms with Crippen LogP contribution in [0.1, 0.15) is 42.6 Å². The summed E-state index contributed by atoms with van der Waals surface area (Å²) in [5.74, 6) is -0.180. The molecule has 0 saturated heterocycles. The van der Waals surface area contributed by atoms with Crippen LogP contribution in [-0.2, 0) is 0 Å². The van der Waals surface area contributed by atoms with Crippen molar-refractivity contribution in [3.63, 3.8) is 0 Å². The predicted molar refractivity (Wildman–Crippen MR) is 78.0 cm³/mol. The van der Waals surface area contributed by atoms with Gasteiger partial charge in [-0.15, -0.1) is 0 Å². The molecule has 1 amide bonds. The van der Waals surface area contributed by atoms with Crippen LogP contribution in [0.3, 0.4) is 0 Å². The Morgan fingerprint density at radius 1 is 1.37 bits per heavy atom. The van der Waals surface area contributed by atoms with Gasteiger partial charge in [0.25, 0.3) is 5.91 Å². The lowest BCUT2D eigenvalue weighted by molar-refractivity contribution is 0.0852. The van der Waals surface area contributed by atoms with E-state index in [2.05, 4.69) is 5.32 Å². The molecule has 0 unspecified atom stereocenters. The number of aliphatic hydroxyl groups is 1. The summed E-state index contributed by atoms with van der Waals surface area (Å²) in [6.07, 6.45) is 1.65. The molecule has 0 atom stereocenters. The highest BCUT2D eigenvalue weighted by Gasteiger charge is 2.26. The fourth-order valence-corrected chi connectivity index (χ4v) is 2.02. The zero-order chi connectivity index (χ0) is 14.5. The van der Waals surface area contributed by atoms with Crippen LogP contribution in [0.2, 0.25) is 0 Å². The summed E-state index contributed by atoms with van der Waals surface area (Å²) in [5.41, 5.74) is 7.58. The van der Waals surface area contributed by atoms with Crippen LogP contribution in [0, 0.1) is 12.3 Å². The molecule has 0 heterocycles. The van der Waals surface area contributed by atoms with E-state index < -0.39 is 0 Å². The van der Waals surface area contributed by atoms with Gasteiger partial charge in [0, 0.05) is 17.6 Å². The number of aliphatic hydroxyl groups excluding tert-OH is 1. The highest BCUT2D eigenvalue weighted by atomic mass is 16.3. The topological polar surface area (TPSA) is 75.3 Å². The van der Waals surface area contributed by atoms with Gasteiger partial charge in [0.05, 0.1) is 12.2 Å². The molecular weight excluding hydrogens is 240 g/mol. The Kier molecular flexibility index (Phi) is 5.36. The molecule has 0 saturated carbocycles. The van der Waals surface area contributed by atoms with E-state index in [0.717, 1.165) is 18.4 Å². The molecule has 19 heavy (non-hydrogen) atoms. The summed E-state index contributed by atoms with van der Waals surface area (Å²) in [5, 5.41) is 12.4. The van der Waals surface area contributed by atoms with E-state index in [1.54, 1.807) is 6.07 Å². The van der Waals surface area contributed by atoms with Gasteiger partial charge in [0.2, 0.25) is 0 Å². The third kappa shape index (κ3) is 3.47. The van der Waals surface area contributed by atoms with Crippen LogP contribution >= 0.6 is 0 Å². The number of amides is 1. The lowest BCUT2D eigenvalue weighted by Crippen LogP contribution is -2.39. The van der Waals surface area contributed by atoms with Gasteiger partial charge < -0.3 is 16.2 Å². The number of anilines is 1. The predicted octanol–water partition coefficient (Wildman–Crippen LogP) is 2.11. The second-order valence-electron chi connectivity index (χ2n) is 5.08. The largest absolute Gasteiger partial charge is 0.398 e. The summed E-state index contributed by atoms with van der Waals surface area (Å²) in [7, 11) is 0. The Hall–Kier alpha value is -1.55. The molecule has 4 N–H and O–H groups in total. The number of rotatable bonds is 6. The smallest absolute Gasteiger partial charge is 0.253 e. The maximum Gasteiger partial charge on any atom is 0.253 e. The molecule has 0 bridgehead atoms. The zero-order valence-electron chi connectivity index (χ0n) is 12.0. The Balaban J connectivity index is 2.78. The Morgan fingerprint density at radius 2 is 2.00 bits per heavy atom. The first kappa shape index (κ1) is 15.5. The van der Waals surface area contributed by atoms with E-state index >= 15 is 0 Å². The number of hydrogen-bond donors (Lipinski definition) is 3. The van der Waals surface area contributed by atoms with E-state index in [1.165, 1.54) is 0 Å². The fourth-order valence-electron chi connectivity index (χ4n) is 2.02. The average molecular weight is 264 g/mol. The molecule has 0 spiro atoms. The van der Waals surface area contributed by atoms with E-state index in [-0.39, 0.29) is 17.9 Å². The second-order valence-corrected chi connectivity index (χ2v) is 5.08. The number of nitrogens with one attached hydrogen (secondary N) is 1. The van der Waals surface area contributed by atoms with Crippen molar-refractivity contribution in [3.05, 3.63) is 29.3 Å². The normalized spacial score (nSPS) is 11.4. The first-order valence-electron chi connectivity index (χ1n) is 6.74. The van der Waals surface area contributed by atoms with Crippen LogP contribution in [0.15, 0.2) is 18.2 Å². The lowest BCUT2D eigenvalue weighted by Gasteiger charge is -2.29. The molecule has 0 aliphatic heterocycles. The minimum absolute atomic E-state index is 0.0730. The van der Waals surface area contributed by atoms with Crippen molar-refractivity contribution in [1.82, 2.24) is 5.32 Å². The van der Waals surface area contributed by atoms with Gasteiger partial charge >= 0.3 is 0 Å². The summed E-state index contributed by atoms with van der Waals surface area (Å²) < 4.78 is 0. The molecule has 0 fully saturated rings. The fraction of sp³-hybridized carbons (Fsp3) is 0.533. The number of benzene rings is 1. The summed E-state index contributed by atoms with van der Waals surface area (Å²) in [4.78, 5) is 12.1. The van der Waals surface area contributed by atoms with Gasteiger partial charge in [-0.2, -0.15) is 0 Å². The first-order valence-corrected chi connectivity index (χ1v) is 6.74. The highest BCUT2D eigenvalue weighted by molar-refractivity contribution is 5.99. The van der Waals surface area contributed by atoms with Crippen molar-refractivity contribution in [1.29, 1.82) is 0 Å². The third-order valence-corrected chi connectivity index (χ3v) is 4.03. The molecule has 0 aliphatic carbocycles. The number of carbonyl (C=O) groups is 1. The SMILES string of the molecule is CCC(CC)(CO)CNC(=O)c1cccc(C)c1N. The van der Waals surface area contributed by atoms with Crippen molar-refractivity contribution < 1.29 is 9.90 Å². The maximum atomic E-state index is 12.1. The first-order chi connectivity index (χ1) is 8.99. The molecule has 1 aromatic carbocycles. The van der Waals surface area contributed by atoms with Gasteiger partial charge in [-0.05, 0) is 31.4 Å². The van der Waals surface area contributed by atoms with Gasteiger partial charge in [-0.3, -0.25) is 4.79 Å². The molecule has 4 heteroatoms. The second kappa shape index (κ2) is 6.57. The number of nitrogen functional groups attached to an aromatic ring is 1. The Morgan fingerprint density at radius 3 is 2.53 bits per heavy atom. The van der Waals surface area contributed by atoms with Crippen molar-refractivity contribution >= 4 is 11.6 Å². The molecule has 0 aliphatic rings. The standard InChI is InChI=1S/C15H24N2O2/c1-4-15(5-2,10-18)9-17-14(19)12-8-6-7-11(3)13(12)16/h6-8,18H,4-5,9-10,16H2,1-3H3,(H,17,19). The van der Waals surface area contributed by atoms with E-state index in [9.17, 15) is 9.90 Å². The zero-order valence-corrected chi connectivity index (χ0v) is 12.0. The van der Waals surface area contributed by atoms with Crippen LogP contribution in [0.4, 0.5) is 5.69 Å².